The first-order chi connectivity index (χ1) is 18.1. The number of hydrogen-bond donors (Lipinski definition) is 2. The lowest BCUT2D eigenvalue weighted by molar-refractivity contribution is 0.219. The third-order valence-electron chi connectivity index (χ3n) is 8.01. The number of nitrogens with one attached hydrogen (secondary N) is 1. The molecule has 0 saturated heterocycles. The van der Waals surface area contributed by atoms with Gasteiger partial charge in [-0.05, 0) is 65.3 Å². The van der Waals surface area contributed by atoms with E-state index in [1.165, 1.54) is 27.8 Å². The van der Waals surface area contributed by atoms with Crippen molar-refractivity contribution in [1.29, 1.82) is 0 Å². The average Bonchev–Trinajstić information content (AvgIpc) is 3.12. The van der Waals surface area contributed by atoms with Gasteiger partial charge in [-0.2, -0.15) is 5.10 Å². The van der Waals surface area contributed by atoms with E-state index in [2.05, 4.69) is 93.5 Å². The van der Waals surface area contributed by atoms with Gasteiger partial charge in [0.1, 0.15) is 17.9 Å². The maximum Gasteiger partial charge on any atom is 0.126 e. The van der Waals surface area contributed by atoms with Crippen LogP contribution in [0.2, 0.25) is 0 Å². The van der Waals surface area contributed by atoms with Crippen LogP contribution in [-0.2, 0) is 20.1 Å². The van der Waals surface area contributed by atoms with Crippen molar-refractivity contribution >= 4 is 22.3 Å². The fourth-order valence-corrected chi connectivity index (χ4v) is 5.96. The zero-order valence-corrected chi connectivity index (χ0v) is 23.9. The number of ether oxygens (including phenoxy) is 1. The number of nitrogen functional groups attached to an aromatic ring is 1. The van der Waals surface area contributed by atoms with Crippen molar-refractivity contribution in [3.63, 3.8) is 0 Å². The molecule has 6 nitrogen and oxygen atoms in total. The van der Waals surface area contributed by atoms with E-state index in [-0.39, 0.29) is 11.3 Å². The molecule has 1 aromatic heterocycles. The predicted molar refractivity (Wildman–Crippen MR) is 158 cm³/mol. The van der Waals surface area contributed by atoms with Gasteiger partial charge in [-0.3, -0.25) is 9.58 Å². The molecule has 0 fully saturated rings. The molecule has 0 aliphatic carbocycles. The van der Waals surface area contributed by atoms with Crippen molar-refractivity contribution in [3.8, 4) is 5.75 Å². The second-order valence-electron chi connectivity index (χ2n) is 11.8. The molecule has 1 aliphatic heterocycles. The van der Waals surface area contributed by atoms with Crippen LogP contribution in [-0.4, -0.2) is 34.9 Å². The van der Waals surface area contributed by atoms with Gasteiger partial charge in [0, 0.05) is 56.8 Å². The van der Waals surface area contributed by atoms with E-state index >= 15 is 0 Å². The normalized spacial score (nSPS) is 15.1. The highest BCUT2D eigenvalue weighted by atomic mass is 16.5. The summed E-state index contributed by atoms with van der Waals surface area (Å²) >= 11 is 0. The van der Waals surface area contributed by atoms with Gasteiger partial charge >= 0.3 is 0 Å². The van der Waals surface area contributed by atoms with Gasteiger partial charge in [0.05, 0.1) is 11.4 Å². The van der Waals surface area contributed by atoms with Crippen molar-refractivity contribution < 1.29 is 4.74 Å². The average molecular weight is 512 g/mol. The van der Waals surface area contributed by atoms with Crippen molar-refractivity contribution in [2.24, 2.45) is 12.5 Å². The Morgan fingerprint density at radius 2 is 1.89 bits per heavy atom. The van der Waals surface area contributed by atoms with Crippen molar-refractivity contribution in [2.75, 3.05) is 31.2 Å². The molecule has 2 heterocycles. The van der Waals surface area contributed by atoms with Gasteiger partial charge < -0.3 is 15.8 Å². The van der Waals surface area contributed by atoms with E-state index in [1.54, 1.807) is 0 Å². The van der Waals surface area contributed by atoms with Gasteiger partial charge in [0.25, 0.3) is 0 Å². The number of aryl methyl sites for hydroxylation is 2. The molecule has 1 aliphatic rings. The lowest BCUT2D eigenvalue weighted by atomic mass is 9.71. The number of aromatic nitrogens is 2. The summed E-state index contributed by atoms with van der Waals surface area (Å²) in [5, 5.41) is 9.12. The first kappa shape index (κ1) is 26.1. The number of hydrogen-bond acceptors (Lipinski definition) is 5. The number of anilines is 2. The van der Waals surface area contributed by atoms with Crippen LogP contribution in [0.3, 0.4) is 0 Å². The van der Waals surface area contributed by atoms with Crippen LogP contribution in [0.15, 0.2) is 48.7 Å². The maximum atomic E-state index is 6.54. The highest BCUT2D eigenvalue weighted by Gasteiger charge is 2.30. The van der Waals surface area contributed by atoms with Gasteiger partial charge in [-0.15, -0.1) is 0 Å². The smallest absolute Gasteiger partial charge is 0.126 e. The van der Waals surface area contributed by atoms with Crippen LogP contribution >= 0.6 is 0 Å². The molecule has 1 atom stereocenters. The Morgan fingerprint density at radius 1 is 1.11 bits per heavy atom. The van der Waals surface area contributed by atoms with Gasteiger partial charge in [-0.25, -0.2) is 0 Å². The topological polar surface area (TPSA) is 68.3 Å². The Bertz CT molecular complexity index is 1480. The first-order valence-corrected chi connectivity index (χ1v) is 13.5. The minimum Gasteiger partial charge on any atom is -0.492 e. The lowest BCUT2D eigenvalue weighted by Gasteiger charge is -2.34. The highest BCUT2D eigenvalue weighted by molar-refractivity contribution is 5.83. The number of rotatable bonds is 5. The van der Waals surface area contributed by atoms with E-state index in [0.29, 0.717) is 6.61 Å². The summed E-state index contributed by atoms with van der Waals surface area (Å²) in [6.45, 7) is 14.5. The Hall–Kier alpha value is -3.51. The van der Waals surface area contributed by atoms with Gasteiger partial charge in [-0.1, -0.05) is 45.0 Å². The molecule has 1 unspecified atom stereocenters. The van der Waals surface area contributed by atoms with Crippen molar-refractivity contribution in [1.82, 2.24) is 14.7 Å². The molecule has 200 valence electrons. The molecular weight excluding hydrogens is 470 g/mol. The van der Waals surface area contributed by atoms with Gasteiger partial charge in [0.2, 0.25) is 0 Å². The second kappa shape index (κ2) is 9.99. The zero-order chi connectivity index (χ0) is 27.2. The molecule has 3 aromatic carbocycles. The SMILES string of the molecule is CNc1ccc(C(c2ccc(C)c(CN3CCOc4ccc5cn(C)nc5c4C3)c2)C(C)(C)C)c(C)c1N. The molecule has 6 heteroatoms. The van der Waals surface area contributed by atoms with E-state index in [4.69, 9.17) is 15.6 Å². The molecule has 38 heavy (non-hydrogen) atoms. The van der Waals surface area contributed by atoms with Crippen LogP contribution in [0.5, 0.6) is 5.75 Å². The van der Waals surface area contributed by atoms with Crippen LogP contribution in [0.1, 0.15) is 60.1 Å². The minimum atomic E-state index is 0.0187. The molecule has 0 bridgehead atoms. The summed E-state index contributed by atoms with van der Waals surface area (Å²) in [5.41, 5.74) is 17.0. The standard InChI is InChI=1S/C32H41N5O/c1-20-8-9-22(29(32(3,4)5)25-11-12-27(34-6)30(33)21(25)2)16-24(20)18-37-14-15-38-28-13-10-23-17-36(7)35-31(23)26(28)19-37/h8-13,16-17,29,34H,14-15,18-19,33H2,1-7H3. The van der Waals surface area contributed by atoms with Crippen LogP contribution in [0.4, 0.5) is 11.4 Å². The fraction of sp³-hybridized carbons (Fsp3) is 0.406. The minimum absolute atomic E-state index is 0.0187. The Morgan fingerprint density at radius 3 is 2.63 bits per heavy atom. The lowest BCUT2D eigenvalue weighted by Crippen LogP contribution is -2.26. The van der Waals surface area contributed by atoms with Crippen molar-refractivity contribution in [3.05, 3.63) is 82.0 Å². The molecule has 3 N–H and O–H groups in total. The summed E-state index contributed by atoms with van der Waals surface area (Å²) in [6, 6.07) is 15.6. The molecule has 4 aromatic rings. The number of fused-ring (bicyclic) bond motifs is 3. The monoisotopic (exact) mass is 511 g/mol. The Labute approximate surface area is 226 Å². The highest BCUT2D eigenvalue weighted by Crippen LogP contribution is 2.44. The summed E-state index contributed by atoms with van der Waals surface area (Å²) in [4.78, 5) is 2.49. The Kier molecular flexibility index (Phi) is 6.86. The Balaban J connectivity index is 1.50. The molecule has 0 amide bonds. The molecule has 5 rings (SSSR count). The summed E-state index contributed by atoms with van der Waals surface area (Å²) < 4.78 is 8.05. The van der Waals surface area contributed by atoms with E-state index in [1.807, 2.05) is 18.8 Å². The van der Waals surface area contributed by atoms with E-state index in [0.717, 1.165) is 53.2 Å². The zero-order valence-electron chi connectivity index (χ0n) is 23.9. The van der Waals surface area contributed by atoms with E-state index in [9.17, 15) is 0 Å². The van der Waals surface area contributed by atoms with Crippen LogP contribution < -0.4 is 15.8 Å². The van der Waals surface area contributed by atoms with Crippen molar-refractivity contribution in [2.45, 2.75) is 53.6 Å². The quantitative estimate of drug-likeness (QED) is 0.304. The molecule has 0 saturated carbocycles. The number of benzene rings is 3. The number of nitrogens with zero attached hydrogens (tertiary/aromatic N) is 3. The third kappa shape index (κ3) is 4.85. The fourth-order valence-electron chi connectivity index (χ4n) is 5.96. The molecule has 0 spiro atoms. The third-order valence-corrected chi connectivity index (χ3v) is 8.01. The number of nitrogens with two attached hydrogens (primary N) is 1. The maximum absolute atomic E-state index is 6.54. The summed E-state index contributed by atoms with van der Waals surface area (Å²) in [7, 11) is 3.90. The van der Waals surface area contributed by atoms with Crippen LogP contribution in [0, 0.1) is 19.3 Å². The van der Waals surface area contributed by atoms with Crippen LogP contribution in [0.25, 0.3) is 10.9 Å². The summed E-state index contributed by atoms with van der Waals surface area (Å²) in [5.74, 6) is 1.17. The molecule has 0 radical (unpaired) electrons. The second-order valence-corrected chi connectivity index (χ2v) is 11.8. The van der Waals surface area contributed by atoms with E-state index < -0.39 is 0 Å². The summed E-state index contributed by atoms with van der Waals surface area (Å²) in [6.07, 6.45) is 2.07. The first-order valence-electron chi connectivity index (χ1n) is 13.5. The molecular formula is C32H41N5O. The largest absolute Gasteiger partial charge is 0.492 e. The van der Waals surface area contributed by atoms with Gasteiger partial charge in [0.15, 0.2) is 0 Å². The predicted octanol–water partition coefficient (Wildman–Crippen LogP) is 6.39.